The second kappa shape index (κ2) is 7.74. The third-order valence-electron chi connectivity index (χ3n) is 3.31. The van der Waals surface area contributed by atoms with Crippen molar-refractivity contribution in [2.75, 3.05) is 13.2 Å². The van der Waals surface area contributed by atoms with Crippen LogP contribution in [0.25, 0.3) is 10.8 Å². The van der Waals surface area contributed by atoms with E-state index >= 15 is 0 Å². The lowest BCUT2D eigenvalue weighted by Gasteiger charge is -2.13. The van der Waals surface area contributed by atoms with E-state index in [9.17, 15) is 14.7 Å². The molecule has 0 fully saturated rings. The van der Waals surface area contributed by atoms with Gasteiger partial charge in [0.05, 0.1) is 11.5 Å². The highest BCUT2D eigenvalue weighted by atomic mass is 16.6. The predicted molar refractivity (Wildman–Crippen MR) is 86.0 cm³/mol. The maximum atomic E-state index is 12.2. The molecule has 0 radical (unpaired) electrons. The van der Waals surface area contributed by atoms with Gasteiger partial charge in [-0.2, -0.15) is 0 Å². The molecule has 0 amide bonds. The standard InChI is InChI=1S/C18H20O5/c1-12(2)17(20)22-10-14(19)11-23-18(21)16-9-5-7-13-6-3-4-8-15(13)16/h3-9,12,14,19H,10-11H2,1-2H3. The maximum Gasteiger partial charge on any atom is 0.338 e. The van der Waals surface area contributed by atoms with Gasteiger partial charge < -0.3 is 14.6 Å². The number of esters is 2. The number of carbonyl (C=O) groups is 2. The molecule has 0 heterocycles. The van der Waals surface area contributed by atoms with Gasteiger partial charge in [-0.15, -0.1) is 0 Å². The number of fused-ring (bicyclic) bond motifs is 1. The highest BCUT2D eigenvalue weighted by Crippen LogP contribution is 2.19. The number of carbonyl (C=O) groups excluding carboxylic acids is 2. The van der Waals surface area contributed by atoms with Crippen molar-refractivity contribution < 1.29 is 24.2 Å². The van der Waals surface area contributed by atoms with Gasteiger partial charge >= 0.3 is 11.9 Å². The fourth-order valence-electron chi connectivity index (χ4n) is 2.05. The summed E-state index contributed by atoms with van der Waals surface area (Å²) in [6.45, 7) is 2.98. The first-order valence-electron chi connectivity index (χ1n) is 7.48. The number of rotatable bonds is 6. The lowest BCUT2D eigenvalue weighted by atomic mass is 10.1. The topological polar surface area (TPSA) is 72.8 Å². The molecule has 2 aromatic carbocycles. The van der Waals surface area contributed by atoms with Crippen molar-refractivity contribution in [2.24, 2.45) is 5.92 Å². The summed E-state index contributed by atoms with van der Waals surface area (Å²) in [5.74, 6) is -1.18. The smallest absolute Gasteiger partial charge is 0.338 e. The van der Waals surface area contributed by atoms with Crippen molar-refractivity contribution in [3.63, 3.8) is 0 Å². The third kappa shape index (κ3) is 4.53. The lowest BCUT2D eigenvalue weighted by molar-refractivity contribution is -0.151. The zero-order valence-electron chi connectivity index (χ0n) is 13.2. The number of hydrogen-bond donors (Lipinski definition) is 1. The maximum absolute atomic E-state index is 12.2. The summed E-state index contributed by atoms with van der Waals surface area (Å²) in [6, 6.07) is 12.9. The first-order chi connectivity index (χ1) is 11.0. The van der Waals surface area contributed by atoms with Crippen LogP contribution in [0.4, 0.5) is 0 Å². The molecule has 122 valence electrons. The monoisotopic (exact) mass is 316 g/mol. The van der Waals surface area contributed by atoms with Crippen LogP contribution in [0, 0.1) is 5.92 Å². The Morgan fingerprint density at radius 3 is 2.39 bits per heavy atom. The predicted octanol–water partition coefficient (Wildman–Crippen LogP) is 2.56. The minimum absolute atomic E-state index is 0.195. The molecule has 5 nitrogen and oxygen atoms in total. The lowest BCUT2D eigenvalue weighted by Crippen LogP contribution is -2.26. The molecular formula is C18H20O5. The van der Waals surface area contributed by atoms with Crippen LogP contribution in [0.3, 0.4) is 0 Å². The highest BCUT2D eigenvalue weighted by molar-refractivity contribution is 6.04. The minimum atomic E-state index is -1.04. The SMILES string of the molecule is CC(C)C(=O)OCC(O)COC(=O)c1cccc2ccccc12. The second-order valence-corrected chi connectivity index (χ2v) is 5.56. The molecular weight excluding hydrogens is 296 g/mol. The van der Waals surface area contributed by atoms with Gasteiger partial charge in [-0.1, -0.05) is 50.2 Å². The van der Waals surface area contributed by atoms with E-state index in [0.717, 1.165) is 10.8 Å². The summed E-state index contributed by atoms with van der Waals surface area (Å²) < 4.78 is 10.0. The Labute approximate surface area is 134 Å². The van der Waals surface area contributed by atoms with Crippen LogP contribution < -0.4 is 0 Å². The number of aliphatic hydroxyl groups is 1. The zero-order chi connectivity index (χ0) is 16.8. The van der Waals surface area contributed by atoms with E-state index in [-0.39, 0.29) is 19.1 Å². The normalized spacial score (nSPS) is 12.2. The first-order valence-corrected chi connectivity index (χ1v) is 7.48. The molecule has 1 atom stereocenters. The van der Waals surface area contributed by atoms with Crippen molar-refractivity contribution in [2.45, 2.75) is 20.0 Å². The van der Waals surface area contributed by atoms with Crippen molar-refractivity contribution in [3.05, 3.63) is 48.0 Å². The Balaban J connectivity index is 1.93. The van der Waals surface area contributed by atoms with Crippen molar-refractivity contribution in [1.82, 2.24) is 0 Å². The van der Waals surface area contributed by atoms with E-state index in [1.54, 1.807) is 26.0 Å². The van der Waals surface area contributed by atoms with Crippen LogP contribution in [0.2, 0.25) is 0 Å². The van der Waals surface area contributed by atoms with E-state index < -0.39 is 18.0 Å². The first kappa shape index (κ1) is 17.0. The van der Waals surface area contributed by atoms with E-state index in [0.29, 0.717) is 5.56 Å². The molecule has 0 saturated heterocycles. The van der Waals surface area contributed by atoms with Gasteiger partial charge in [-0.3, -0.25) is 4.79 Å². The van der Waals surface area contributed by atoms with E-state index in [1.165, 1.54) is 0 Å². The van der Waals surface area contributed by atoms with Crippen molar-refractivity contribution in [3.8, 4) is 0 Å². The van der Waals surface area contributed by atoms with Gasteiger partial charge in [0.15, 0.2) is 0 Å². The zero-order valence-corrected chi connectivity index (χ0v) is 13.2. The summed E-state index contributed by atoms with van der Waals surface area (Å²) in [6.07, 6.45) is -1.04. The Morgan fingerprint density at radius 2 is 1.65 bits per heavy atom. The van der Waals surface area contributed by atoms with Crippen molar-refractivity contribution in [1.29, 1.82) is 0 Å². The summed E-state index contributed by atoms with van der Waals surface area (Å²) in [4.78, 5) is 23.5. The largest absolute Gasteiger partial charge is 0.463 e. The Hall–Kier alpha value is -2.40. The molecule has 0 aliphatic carbocycles. The number of ether oxygens (including phenoxy) is 2. The molecule has 23 heavy (non-hydrogen) atoms. The molecule has 0 saturated carbocycles. The number of hydrogen-bond acceptors (Lipinski definition) is 5. The highest BCUT2D eigenvalue weighted by Gasteiger charge is 2.16. The van der Waals surface area contributed by atoms with Crippen LogP contribution in [0.1, 0.15) is 24.2 Å². The van der Waals surface area contributed by atoms with Gasteiger partial charge in [0.1, 0.15) is 19.3 Å². The quantitative estimate of drug-likeness (QED) is 0.829. The summed E-state index contributed by atoms with van der Waals surface area (Å²) in [5, 5.41) is 11.5. The molecule has 1 N–H and O–H groups in total. The van der Waals surface area contributed by atoms with Crippen molar-refractivity contribution >= 4 is 22.7 Å². The average molecular weight is 316 g/mol. The van der Waals surface area contributed by atoms with Crippen LogP contribution in [-0.2, 0) is 14.3 Å². The van der Waals surface area contributed by atoms with Crippen LogP contribution in [0.15, 0.2) is 42.5 Å². The van der Waals surface area contributed by atoms with E-state index in [1.807, 2.05) is 30.3 Å². The van der Waals surface area contributed by atoms with E-state index in [2.05, 4.69) is 0 Å². The van der Waals surface area contributed by atoms with Gasteiger partial charge in [-0.25, -0.2) is 4.79 Å². The third-order valence-corrected chi connectivity index (χ3v) is 3.31. The second-order valence-electron chi connectivity index (χ2n) is 5.56. The van der Waals surface area contributed by atoms with Gasteiger partial charge in [0.25, 0.3) is 0 Å². The minimum Gasteiger partial charge on any atom is -0.463 e. The number of benzene rings is 2. The molecule has 5 heteroatoms. The molecule has 0 spiro atoms. The van der Waals surface area contributed by atoms with Crippen LogP contribution >= 0.6 is 0 Å². The van der Waals surface area contributed by atoms with Gasteiger partial charge in [-0.05, 0) is 16.8 Å². The Bertz CT molecular complexity index is 687. The summed E-state index contributed by atoms with van der Waals surface area (Å²) >= 11 is 0. The Kier molecular flexibility index (Phi) is 5.71. The number of aliphatic hydroxyl groups excluding tert-OH is 1. The van der Waals surface area contributed by atoms with Crippen LogP contribution in [0.5, 0.6) is 0 Å². The fourth-order valence-corrected chi connectivity index (χ4v) is 2.05. The van der Waals surface area contributed by atoms with Crippen LogP contribution in [-0.4, -0.2) is 36.4 Å². The molecule has 2 rings (SSSR count). The Morgan fingerprint density at radius 1 is 1.00 bits per heavy atom. The summed E-state index contributed by atoms with van der Waals surface area (Å²) in [7, 11) is 0. The molecule has 0 aliphatic heterocycles. The molecule has 0 aliphatic rings. The molecule has 0 bridgehead atoms. The van der Waals surface area contributed by atoms with E-state index in [4.69, 9.17) is 9.47 Å². The fraction of sp³-hybridized carbons (Fsp3) is 0.333. The van der Waals surface area contributed by atoms with Gasteiger partial charge in [0.2, 0.25) is 0 Å². The average Bonchev–Trinajstić information content (AvgIpc) is 2.56. The molecule has 1 unspecified atom stereocenters. The molecule has 0 aromatic heterocycles. The van der Waals surface area contributed by atoms with Gasteiger partial charge in [0, 0.05) is 0 Å². The summed E-state index contributed by atoms with van der Waals surface area (Å²) in [5.41, 5.74) is 0.439. The molecule has 2 aromatic rings.